The normalized spacial score (nSPS) is 12.0. The molecule has 1 aromatic rings. The molecule has 1 unspecified atom stereocenters. The lowest BCUT2D eigenvalue weighted by molar-refractivity contribution is -0.139. The van der Waals surface area contributed by atoms with Crippen LogP contribution in [0.4, 0.5) is 5.69 Å². The number of methoxy groups -OCH3 is 1. The highest BCUT2D eigenvalue weighted by Crippen LogP contribution is 2.25. The number of hydrogen-bond donors (Lipinski definition) is 1. The highest BCUT2D eigenvalue weighted by molar-refractivity contribution is 9.10. The SMILES string of the molecule is COC(=O)C(Br)CNc1cccc(C)c1Br. The van der Waals surface area contributed by atoms with Crippen molar-refractivity contribution < 1.29 is 9.53 Å². The van der Waals surface area contributed by atoms with Crippen LogP contribution in [0.3, 0.4) is 0 Å². The van der Waals surface area contributed by atoms with Gasteiger partial charge in [0.25, 0.3) is 0 Å². The maximum atomic E-state index is 11.2. The van der Waals surface area contributed by atoms with Crippen molar-refractivity contribution in [3.8, 4) is 0 Å². The number of rotatable bonds is 4. The van der Waals surface area contributed by atoms with Gasteiger partial charge in [-0.15, -0.1) is 0 Å². The van der Waals surface area contributed by atoms with Crippen molar-refractivity contribution in [2.75, 3.05) is 19.0 Å². The van der Waals surface area contributed by atoms with E-state index in [1.807, 2.05) is 25.1 Å². The largest absolute Gasteiger partial charge is 0.468 e. The molecule has 0 heterocycles. The van der Waals surface area contributed by atoms with Gasteiger partial charge in [0.2, 0.25) is 0 Å². The number of benzene rings is 1. The van der Waals surface area contributed by atoms with E-state index in [2.05, 4.69) is 41.9 Å². The van der Waals surface area contributed by atoms with Gasteiger partial charge in [0.1, 0.15) is 4.83 Å². The molecule has 0 saturated heterocycles. The van der Waals surface area contributed by atoms with Gasteiger partial charge in [-0.1, -0.05) is 28.1 Å². The minimum atomic E-state index is -0.343. The summed E-state index contributed by atoms with van der Waals surface area (Å²) >= 11 is 6.74. The Labute approximate surface area is 112 Å². The van der Waals surface area contributed by atoms with Crippen LogP contribution in [0.15, 0.2) is 22.7 Å². The molecule has 1 rings (SSSR count). The van der Waals surface area contributed by atoms with Gasteiger partial charge in [-0.25, -0.2) is 0 Å². The fraction of sp³-hybridized carbons (Fsp3) is 0.364. The van der Waals surface area contributed by atoms with E-state index >= 15 is 0 Å². The van der Waals surface area contributed by atoms with Crippen molar-refractivity contribution in [1.82, 2.24) is 0 Å². The van der Waals surface area contributed by atoms with Gasteiger partial charge < -0.3 is 10.1 Å². The highest BCUT2D eigenvalue weighted by atomic mass is 79.9. The van der Waals surface area contributed by atoms with Gasteiger partial charge in [-0.2, -0.15) is 0 Å². The van der Waals surface area contributed by atoms with E-state index in [1.165, 1.54) is 7.11 Å². The number of ether oxygens (including phenoxy) is 1. The molecule has 88 valence electrons. The number of halogens is 2. The molecule has 16 heavy (non-hydrogen) atoms. The fourth-order valence-corrected chi connectivity index (χ4v) is 1.95. The maximum absolute atomic E-state index is 11.2. The molecule has 0 aliphatic carbocycles. The Bertz CT molecular complexity index is 382. The summed E-state index contributed by atoms with van der Waals surface area (Å²) < 4.78 is 5.63. The van der Waals surface area contributed by atoms with Crippen LogP contribution in [0.5, 0.6) is 0 Å². The first kappa shape index (κ1) is 13.5. The molecule has 3 nitrogen and oxygen atoms in total. The number of alkyl halides is 1. The number of anilines is 1. The molecule has 0 aliphatic heterocycles. The second kappa shape index (κ2) is 6.25. The average molecular weight is 351 g/mol. The van der Waals surface area contributed by atoms with Gasteiger partial charge in [0, 0.05) is 16.7 Å². The molecular weight excluding hydrogens is 338 g/mol. The van der Waals surface area contributed by atoms with Crippen LogP contribution in [0, 0.1) is 6.92 Å². The number of esters is 1. The minimum Gasteiger partial charge on any atom is -0.468 e. The van der Waals surface area contributed by atoms with Crippen LogP contribution in [0.2, 0.25) is 0 Å². The third kappa shape index (κ3) is 3.49. The zero-order chi connectivity index (χ0) is 12.1. The van der Waals surface area contributed by atoms with E-state index < -0.39 is 0 Å². The third-order valence-electron chi connectivity index (χ3n) is 2.12. The molecule has 1 N–H and O–H groups in total. The highest BCUT2D eigenvalue weighted by Gasteiger charge is 2.15. The fourth-order valence-electron chi connectivity index (χ4n) is 1.19. The Morgan fingerprint density at radius 1 is 1.56 bits per heavy atom. The zero-order valence-corrected chi connectivity index (χ0v) is 12.3. The minimum absolute atomic E-state index is 0.281. The molecule has 5 heteroatoms. The summed E-state index contributed by atoms with van der Waals surface area (Å²) in [5.41, 5.74) is 2.11. The summed E-state index contributed by atoms with van der Waals surface area (Å²) in [4.78, 5) is 10.8. The van der Waals surface area contributed by atoms with Gasteiger partial charge >= 0.3 is 5.97 Å². The van der Waals surface area contributed by atoms with Crippen LogP contribution < -0.4 is 5.32 Å². The Morgan fingerprint density at radius 3 is 2.88 bits per heavy atom. The summed E-state index contributed by atoms with van der Waals surface area (Å²) in [6.45, 7) is 2.50. The van der Waals surface area contributed by atoms with Gasteiger partial charge in [0.15, 0.2) is 0 Å². The monoisotopic (exact) mass is 349 g/mol. The molecule has 0 fully saturated rings. The lowest BCUT2D eigenvalue weighted by Gasteiger charge is -2.12. The number of carbonyl (C=O) groups is 1. The van der Waals surface area contributed by atoms with Crippen LogP contribution in [-0.4, -0.2) is 24.5 Å². The molecule has 1 atom stereocenters. The van der Waals surface area contributed by atoms with Crippen LogP contribution in [0.25, 0.3) is 0 Å². The van der Waals surface area contributed by atoms with Crippen molar-refractivity contribution in [2.45, 2.75) is 11.8 Å². The van der Waals surface area contributed by atoms with Crippen LogP contribution in [-0.2, 0) is 9.53 Å². The van der Waals surface area contributed by atoms with E-state index in [1.54, 1.807) is 0 Å². The van der Waals surface area contributed by atoms with E-state index in [4.69, 9.17) is 0 Å². The van der Waals surface area contributed by atoms with Crippen LogP contribution in [0.1, 0.15) is 5.56 Å². The number of nitrogens with one attached hydrogen (secondary N) is 1. The molecule has 1 aromatic carbocycles. The molecule has 0 aliphatic rings. The average Bonchev–Trinajstić information content (AvgIpc) is 2.29. The summed E-state index contributed by atoms with van der Waals surface area (Å²) in [6.07, 6.45) is 0. The van der Waals surface area contributed by atoms with Crippen molar-refractivity contribution in [1.29, 1.82) is 0 Å². The summed E-state index contributed by atoms with van der Waals surface area (Å²) in [6, 6.07) is 5.93. The smallest absolute Gasteiger partial charge is 0.321 e. The van der Waals surface area contributed by atoms with Crippen molar-refractivity contribution in [3.63, 3.8) is 0 Å². The number of carbonyl (C=O) groups excluding carboxylic acids is 1. The second-order valence-electron chi connectivity index (χ2n) is 3.31. The van der Waals surface area contributed by atoms with Gasteiger partial charge in [-0.3, -0.25) is 4.79 Å². The molecule has 0 bridgehead atoms. The van der Waals surface area contributed by atoms with Crippen LogP contribution >= 0.6 is 31.9 Å². The summed E-state index contributed by atoms with van der Waals surface area (Å²) in [5, 5.41) is 3.17. The summed E-state index contributed by atoms with van der Waals surface area (Å²) in [5.74, 6) is -0.281. The second-order valence-corrected chi connectivity index (χ2v) is 5.21. The number of hydrogen-bond acceptors (Lipinski definition) is 3. The Morgan fingerprint density at radius 2 is 2.25 bits per heavy atom. The molecule has 0 aromatic heterocycles. The zero-order valence-electron chi connectivity index (χ0n) is 9.09. The first-order valence-corrected chi connectivity index (χ1v) is 6.48. The first-order chi connectivity index (χ1) is 7.56. The Kier molecular flexibility index (Phi) is 5.28. The topological polar surface area (TPSA) is 38.3 Å². The maximum Gasteiger partial charge on any atom is 0.321 e. The predicted molar refractivity (Wildman–Crippen MR) is 72.1 cm³/mol. The Balaban J connectivity index is 2.61. The van der Waals surface area contributed by atoms with E-state index in [9.17, 15) is 4.79 Å². The molecule has 0 saturated carbocycles. The number of aryl methyl sites for hydroxylation is 1. The Hall–Kier alpha value is -0.550. The third-order valence-corrected chi connectivity index (χ3v) is 3.87. The summed E-state index contributed by atoms with van der Waals surface area (Å²) in [7, 11) is 1.37. The van der Waals surface area contributed by atoms with E-state index in [-0.39, 0.29) is 10.8 Å². The van der Waals surface area contributed by atoms with Crippen molar-refractivity contribution >= 4 is 43.5 Å². The lowest BCUT2D eigenvalue weighted by atomic mass is 10.2. The van der Waals surface area contributed by atoms with Crippen molar-refractivity contribution in [2.24, 2.45) is 0 Å². The van der Waals surface area contributed by atoms with Gasteiger partial charge in [-0.05, 0) is 34.5 Å². The van der Waals surface area contributed by atoms with E-state index in [0.717, 1.165) is 15.7 Å². The molecular formula is C11H13Br2NO2. The molecule has 0 radical (unpaired) electrons. The van der Waals surface area contributed by atoms with Gasteiger partial charge in [0.05, 0.1) is 7.11 Å². The standard InChI is InChI=1S/C11H13Br2NO2/c1-7-4-3-5-9(10(7)13)14-6-8(12)11(15)16-2/h3-5,8,14H,6H2,1-2H3. The lowest BCUT2D eigenvalue weighted by Crippen LogP contribution is -2.24. The predicted octanol–water partition coefficient (Wildman–Crippen LogP) is 3.11. The molecule has 0 amide bonds. The van der Waals surface area contributed by atoms with Crippen molar-refractivity contribution in [3.05, 3.63) is 28.2 Å². The quantitative estimate of drug-likeness (QED) is 0.669. The molecule has 0 spiro atoms. The first-order valence-electron chi connectivity index (χ1n) is 4.77. The van der Waals surface area contributed by atoms with E-state index in [0.29, 0.717) is 6.54 Å².